The van der Waals surface area contributed by atoms with E-state index < -0.39 is 16.9 Å². The molecule has 2 aromatic heterocycles. The first kappa shape index (κ1) is 19.5. The highest BCUT2D eigenvalue weighted by Gasteiger charge is 2.25. The smallest absolute Gasteiger partial charge is 0.258 e. The highest BCUT2D eigenvalue weighted by atomic mass is 35.5. The number of benzene rings is 2. The SMILES string of the molecule is CCn1c(-c2cc(F)ccc2F)nnc1C(S)c1noc(-c2cccc(Cl)c2)n1. The zero-order valence-electron chi connectivity index (χ0n) is 15.1. The van der Waals surface area contributed by atoms with E-state index in [0.29, 0.717) is 23.0 Å². The first-order chi connectivity index (χ1) is 14.0. The van der Waals surface area contributed by atoms with Crippen molar-refractivity contribution in [3.63, 3.8) is 0 Å². The van der Waals surface area contributed by atoms with Gasteiger partial charge < -0.3 is 9.09 Å². The normalized spacial score (nSPS) is 12.3. The summed E-state index contributed by atoms with van der Waals surface area (Å²) in [6, 6.07) is 10.2. The topological polar surface area (TPSA) is 69.6 Å². The molecule has 29 heavy (non-hydrogen) atoms. The summed E-state index contributed by atoms with van der Waals surface area (Å²) in [5.74, 6) is -0.0545. The number of hydrogen-bond acceptors (Lipinski definition) is 6. The van der Waals surface area contributed by atoms with Crippen LogP contribution >= 0.6 is 24.2 Å². The van der Waals surface area contributed by atoms with Crippen molar-refractivity contribution < 1.29 is 13.3 Å². The van der Waals surface area contributed by atoms with Gasteiger partial charge in [0, 0.05) is 17.1 Å². The van der Waals surface area contributed by atoms with Gasteiger partial charge in [0.1, 0.15) is 16.9 Å². The van der Waals surface area contributed by atoms with Gasteiger partial charge in [-0.1, -0.05) is 22.8 Å². The lowest BCUT2D eigenvalue weighted by atomic mass is 10.2. The molecule has 0 aliphatic rings. The van der Waals surface area contributed by atoms with E-state index in [1.54, 1.807) is 28.8 Å². The van der Waals surface area contributed by atoms with Crippen molar-refractivity contribution in [3.8, 4) is 22.8 Å². The fourth-order valence-electron chi connectivity index (χ4n) is 2.90. The zero-order chi connectivity index (χ0) is 20.5. The van der Waals surface area contributed by atoms with Crippen molar-refractivity contribution >= 4 is 24.2 Å². The monoisotopic (exact) mass is 433 g/mol. The Morgan fingerprint density at radius 2 is 2.00 bits per heavy atom. The molecule has 0 saturated carbocycles. The van der Waals surface area contributed by atoms with Crippen molar-refractivity contribution in [2.24, 2.45) is 0 Å². The van der Waals surface area contributed by atoms with Crippen LogP contribution in [-0.2, 0) is 6.54 Å². The minimum atomic E-state index is -0.690. The van der Waals surface area contributed by atoms with Gasteiger partial charge in [0.15, 0.2) is 17.5 Å². The zero-order valence-corrected chi connectivity index (χ0v) is 16.7. The van der Waals surface area contributed by atoms with E-state index in [2.05, 4.69) is 33.0 Å². The Kier molecular flexibility index (Phi) is 5.33. The summed E-state index contributed by atoms with van der Waals surface area (Å²) in [6.07, 6.45) is 0. The summed E-state index contributed by atoms with van der Waals surface area (Å²) in [5.41, 5.74) is 0.676. The molecule has 148 valence electrons. The van der Waals surface area contributed by atoms with Gasteiger partial charge in [0.2, 0.25) is 0 Å². The van der Waals surface area contributed by atoms with Gasteiger partial charge in [-0.2, -0.15) is 17.6 Å². The fourth-order valence-corrected chi connectivity index (χ4v) is 3.38. The molecule has 0 aliphatic carbocycles. The molecule has 0 radical (unpaired) electrons. The molecule has 0 fully saturated rings. The Morgan fingerprint density at radius 3 is 2.76 bits per heavy atom. The van der Waals surface area contributed by atoms with Crippen LogP contribution in [0.2, 0.25) is 5.02 Å². The minimum absolute atomic E-state index is 0.0128. The quantitative estimate of drug-likeness (QED) is 0.450. The summed E-state index contributed by atoms with van der Waals surface area (Å²) in [7, 11) is 0. The van der Waals surface area contributed by atoms with Crippen molar-refractivity contribution in [2.75, 3.05) is 0 Å². The van der Waals surface area contributed by atoms with Gasteiger partial charge in [-0.05, 0) is 43.3 Å². The second-order valence-corrected chi connectivity index (χ2v) is 7.07. The Hall–Kier alpha value is -2.78. The molecule has 0 N–H and O–H groups in total. The molecule has 4 rings (SSSR count). The van der Waals surface area contributed by atoms with Crippen LogP contribution in [0.3, 0.4) is 0 Å². The van der Waals surface area contributed by atoms with Gasteiger partial charge in [0.25, 0.3) is 5.89 Å². The summed E-state index contributed by atoms with van der Waals surface area (Å²) >= 11 is 10.5. The lowest BCUT2D eigenvalue weighted by Crippen LogP contribution is -2.08. The van der Waals surface area contributed by atoms with E-state index in [-0.39, 0.29) is 23.1 Å². The molecule has 6 nitrogen and oxygen atoms in total. The van der Waals surface area contributed by atoms with Gasteiger partial charge in [0.05, 0.1) is 5.56 Å². The highest BCUT2D eigenvalue weighted by Crippen LogP contribution is 2.31. The number of rotatable bonds is 5. The molecule has 2 heterocycles. The molecule has 0 aliphatic heterocycles. The van der Waals surface area contributed by atoms with E-state index in [9.17, 15) is 8.78 Å². The van der Waals surface area contributed by atoms with Crippen LogP contribution < -0.4 is 0 Å². The lowest BCUT2D eigenvalue weighted by molar-refractivity contribution is 0.422. The van der Waals surface area contributed by atoms with Crippen LogP contribution in [0, 0.1) is 11.6 Å². The van der Waals surface area contributed by atoms with Crippen molar-refractivity contribution in [1.82, 2.24) is 24.9 Å². The molecule has 0 spiro atoms. The van der Waals surface area contributed by atoms with Gasteiger partial charge in [-0.25, -0.2) is 8.78 Å². The number of thiol groups is 1. The molecule has 10 heteroatoms. The van der Waals surface area contributed by atoms with E-state index in [0.717, 1.165) is 18.2 Å². The third kappa shape index (κ3) is 3.75. The van der Waals surface area contributed by atoms with Crippen LogP contribution in [0.15, 0.2) is 47.0 Å². The first-order valence-electron chi connectivity index (χ1n) is 8.64. The summed E-state index contributed by atoms with van der Waals surface area (Å²) < 4.78 is 34.8. The maximum absolute atomic E-state index is 14.2. The maximum Gasteiger partial charge on any atom is 0.258 e. The molecular weight excluding hydrogens is 420 g/mol. The third-order valence-electron chi connectivity index (χ3n) is 4.27. The second-order valence-electron chi connectivity index (χ2n) is 6.12. The molecule has 0 bridgehead atoms. The summed E-state index contributed by atoms with van der Waals surface area (Å²) in [6.45, 7) is 2.24. The number of nitrogens with zero attached hydrogens (tertiary/aromatic N) is 5. The Morgan fingerprint density at radius 1 is 1.17 bits per heavy atom. The lowest BCUT2D eigenvalue weighted by Gasteiger charge is -2.10. The Labute approximate surface area is 174 Å². The molecule has 1 atom stereocenters. The molecule has 0 saturated heterocycles. The van der Waals surface area contributed by atoms with Crippen LogP contribution in [0.4, 0.5) is 8.78 Å². The maximum atomic E-state index is 14.2. The van der Waals surface area contributed by atoms with Crippen molar-refractivity contribution in [2.45, 2.75) is 18.7 Å². The number of aromatic nitrogens is 5. The van der Waals surface area contributed by atoms with Crippen LogP contribution in [0.25, 0.3) is 22.8 Å². The van der Waals surface area contributed by atoms with Crippen molar-refractivity contribution in [1.29, 1.82) is 0 Å². The average Bonchev–Trinajstić information content (AvgIpc) is 3.36. The van der Waals surface area contributed by atoms with Gasteiger partial charge in [-0.3, -0.25) is 0 Å². The van der Waals surface area contributed by atoms with Crippen LogP contribution in [0.5, 0.6) is 0 Å². The van der Waals surface area contributed by atoms with E-state index >= 15 is 0 Å². The predicted octanol–water partition coefficient (Wildman–Crippen LogP) is 4.97. The standard InChI is InChI=1S/C19H14ClF2N5OS/c1-2-27-17(13-9-12(21)6-7-14(13)22)24-25-18(27)15(29)16-23-19(28-26-16)10-4-3-5-11(20)8-10/h3-9,15,29H,2H2,1H3. The van der Waals surface area contributed by atoms with Crippen LogP contribution in [-0.4, -0.2) is 24.9 Å². The first-order valence-corrected chi connectivity index (χ1v) is 9.53. The second kappa shape index (κ2) is 7.92. The molecule has 1 unspecified atom stereocenters. The summed E-state index contributed by atoms with van der Waals surface area (Å²) in [4.78, 5) is 4.36. The fraction of sp³-hybridized carbons (Fsp3) is 0.158. The van der Waals surface area contributed by atoms with Gasteiger partial charge in [-0.15, -0.1) is 10.2 Å². The highest BCUT2D eigenvalue weighted by molar-refractivity contribution is 7.80. The molecular formula is C19H14ClF2N5OS. The number of hydrogen-bond donors (Lipinski definition) is 1. The van der Waals surface area contributed by atoms with Crippen molar-refractivity contribution in [3.05, 3.63) is 70.8 Å². The minimum Gasteiger partial charge on any atom is -0.334 e. The van der Waals surface area contributed by atoms with Gasteiger partial charge >= 0.3 is 0 Å². The van der Waals surface area contributed by atoms with E-state index in [1.165, 1.54) is 0 Å². The van der Waals surface area contributed by atoms with E-state index in [4.69, 9.17) is 16.1 Å². The average molecular weight is 434 g/mol. The van der Waals surface area contributed by atoms with E-state index in [1.807, 2.05) is 6.92 Å². The van der Waals surface area contributed by atoms with Crippen LogP contribution in [0.1, 0.15) is 23.8 Å². The Bertz CT molecular complexity index is 1180. The third-order valence-corrected chi connectivity index (χ3v) is 4.96. The summed E-state index contributed by atoms with van der Waals surface area (Å²) in [5, 5.41) is 12.0. The molecule has 0 amide bonds. The number of halogens is 3. The Balaban J connectivity index is 1.71. The predicted molar refractivity (Wildman–Crippen MR) is 107 cm³/mol. The largest absolute Gasteiger partial charge is 0.334 e. The molecule has 4 aromatic rings. The molecule has 2 aromatic carbocycles.